The highest BCUT2D eigenvalue weighted by Gasteiger charge is 2.03. The third kappa shape index (κ3) is 4.16. The lowest BCUT2D eigenvalue weighted by Gasteiger charge is -2.16. The standard InChI is InChI=1S/C11H15ClFNO/c1-14(5-2-6-15)8-9-3-4-11(13)10(12)7-9/h3-4,7,15H,2,5-6,8H2,1H3. The number of rotatable bonds is 5. The maximum atomic E-state index is 12.9. The summed E-state index contributed by atoms with van der Waals surface area (Å²) in [5.41, 5.74) is 0.974. The zero-order chi connectivity index (χ0) is 11.3. The van der Waals surface area contributed by atoms with Crippen molar-refractivity contribution < 1.29 is 9.50 Å². The van der Waals surface area contributed by atoms with Gasteiger partial charge in [-0.05, 0) is 31.2 Å². The van der Waals surface area contributed by atoms with Crippen LogP contribution >= 0.6 is 11.6 Å². The lowest BCUT2D eigenvalue weighted by molar-refractivity contribution is 0.244. The number of hydrogen-bond donors (Lipinski definition) is 1. The molecule has 0 aromatic heterocycles. The van der Waals surface area contributed by atoms with Gasteiger partial charge in [-0.3, -0.25) is 0 Å². The number of hydrogen-bond acceptors (Lipinski definition) is 2. The molecule has 0 unspecified atom stereocenters. The number of aliphatic hydroxyl groups is 1. The maximum Gasteiger partial charge on any atom is 0.141 e. The van der Waals surface area contributed by atoms with Crippen LogP contribution in [0.15, 0.2) is 18.2 Å². The number of nitrogens with zero attached hydrogens (tertiary/aromatic N) is 1. The Labute approximate surface area is 94.3 Å². The van der Waals surface area contributed by atoms with Gasteiger partial charge < -0.3 is 10.0 Å². The first kappa shape index (κ1) is 12.4. The number of benzene rings is 1. The first-order valence-electron chi connectivity index (χ1n) is 4.87. The van der Waals surface area contributed by atoms with Gasteiger partial charge in [0.15, 0.2) is 0 Å². The van der Waals surface area contributed by atoms with E-state index >= 15 is 0 Å². The van der Waals surface area contributed by atoms with Crippen molar-refractivity contribution in [2.24, 2.45) is 0 Å². The van der Waals surface area contributed by atoms with Crippen molar-refractivity contribution >= 4 is 11.6 Å². The monoisotopic (exact) mass is 231 g/mol. The Bertz CT molecular complexity index is 319. The summed E-state index contributed by atoms with van der Waals surface area (Å²) in [5.74, 6) is -0.390. The van der Waals surface area contributed by atoms with Crippen molar-refractivity contribution in [3.05, 3.63) is 34.6 Å². The molecule has 0 amide bonds. The predicted molar refractivity (Wildman–Crippen MR) is 59.4 cm³/mol. The minimum atomic E-state index is -0.390. The van der Waals surface area contributed by atoms with Crippen LogP contribution in [0.1, 0.15) is 12.0 Å². The first-order chi connectivity index (χ1) is 7.13. The molecule has 15 heavy (non-hydrogen) atoms. The molecule has 84 valence electrons. The largest absolute Gasteiger partial charge is 0.396 e. The van der Waals surface area contributed by atoms with Crippen molar-refractivity contribution in [1.29, 1.82) is 0 Å². The molecule has 1 aromatic carbocycles. The second kappa shape index (κ2) is 6.05. The van der Waals surface area contributed by atoms with Crippen LogP contribution in [0.5, 0.6) is 0 Å². The average Bonchev–Trinajstić information content (AvgIpc) is 2.20. The zero-order valence-corrected chi connectivity index (χ0v) is 9.47. The molecule has 1 N–H and O–H groups in total. The normalized spacial score (nSPS) is 11.0. The van der Waals surface area contributed by atoms with Gasteiger partial charge >= 0.3 is 0 Å². The Morgan fingerprint density at radius 3 is 2.80 bits per heavy atom. The van der Waals surface area contributed by atoms with Gasteiger partial charge in [-0.25, -0.2) is 4.39 Å². The average molecular weight is 232 g/mol. The van der Waals surface area contributed by atoms with Crippen molar-refractivity contribution in [2.45, 2.75) is 13.0 Å². The van der Waals surface area contributed by atoms with E-state index in [-0.39, 0.29) is 11.6 Å². The molecule has 0 saturated carbocycles. The van der Waals surface area contributed by atoms with Crippen LogP contribution < -0.4 is 0 Å². The van der Waals surface area contributed by atoms with Crippen LogP contribution in [-0.4, -0.2) is 30.2 Å². The molecule has 4 heteroatoms. The molecule has 1 rings (SSSR count). The van der Waals surface area contributed by atoms with E-state index in [1.165, 1.54) is 6.07 Å². The summed E-state index contributed by atoms with van der Waals surface area (Å²) in [5, 5.41) is 8.82. The van der Waals surface area contributed by atoms with E-state index in [9.17, 15) is 4.39 Å². The van der Waals surface area contributed by atoms with Crippen LogP contribution in [0.4, 0.5) is 4.39 Å². The molecule has 0 fully saturated rings. The smallest absolute Gasteiger partial charge is 0.141 e. The quantitative estimate of drug-likeness (QED) is 0.841. The Morgan fingerprint density at radius 1 is 1.47 bits per heavy atom. The van der Waals surface area contributed by atoms with Crippen LogP contribution in [0.3, 0.4) is 0 Å². The van der Waals surface area contributed by atoms with Crippen molar-refractivity contribution in [3.8, 4) is 0 Å². The molecule has 0 heterocycles. The van der Waals surface area contributed by atoms with E-state index in [2.05, 4.69) is 4.90 Å². The molecule has 0 spiro atoms. The SMILES string of the molecule is CN(CCCO)Cc1ccc(F)c(Cl)c1. The molecule has 0 aliphatic rings. The minimum absolute atomic E-state index is 0.156. The van der Waals surface area contributed by atoms with Gasteiger partial charge in [0.2, 0.25) is 0 Å². The van der Waals surface area contributed by atoms with Crippen molar-refractivity contribution in [2.75, 3.05) is 20.2 Å². The summed E-state index contributed by atoms with van der Waals surface area (Å²) < 4.78 is 12.9. The summed E-state index contributed by atoms with van der Waals surface area (Å²) in [4.78, 5) is 2.06. The fraction of sp³-hybridized carbons (Fsp3) is 0.455. The molecule has 1 aromatic rings. The minimum Gasteiger partial charge on any atom is -0.396 e. The second-order valence-corrected chi connectivity index (χ2v) is 3.97. The lowest BCUT2D eigenvalue weighted by Crippen LogP contribution is -2.19. The first-order valence-corrected chi connectivity index (χ1v) is 5.24. The van der Waals surface area contributed by atoms with E-state index in [0.717, 1.165) is 18.5 Å². The molecule has 2 nitrogen and oxygen atoms in total. The summed E-state index contributed by atoms with van der Waals surface area (Å²) >= 11 is 5.67. The van der Waals surface area contributed by atoms with Gasteiger partial charge in [-0.2, -0.15) is 0 Å². The highest BCUT2D eigenvalue weighted by molar-refractivity contribution is 6.30. The summed E-state index contributed by atoms with van der Waals surface area (Å²) in [6.45, 7) is 1.71. The highest BCUT2D eigenvalue weighted by Crippen LogP contribution is 2.16. The van der Waals surface area contributed by atoms with Gasteiger partial charge in [0.1, 0.15) is 5.82 Å². The van der Waals surface area contributed by atoms with Gasteiger partial charge in [0.25, 0.3) is 0 Å². The third-order valence-electron chi connectivity index (χ3n) is 2.13. The Kier molecular flexibility index (Phi) is 5.02. The van der Waals surface area contributed by atoms with E-state index in [0.29, 0.717) is 6.54 Å². The molecule has 0 aliphatic carbocycles. The van der Waals surface area contributed by atoms with E-state index in [1.54, 1.807) is 12.1 Å². The van der Waals surface area contributed by atoms with Gasteiger partial charge in [-0.1, -0.05) is 17.7 Å². The summed E-state index contributed by atoms with van der Waals surface area (Å²) in [7, 11) is 1.95. The number of aliphatic hydroxyl groups excluding tert-OH is 1. The van der Waals surface area contributed by atoms with Crippen molar-refractivity contribution in [3.63, 3.8) is 0 Å². The topological polar surface area (TPSA) is 23.5 Å². The van der Waals surface area contributed by atoms with Crippen LogP contribution in [0.2, 0.25) is 5.02 Å². The molecule has 0 saturated heterocycles. The van der Waals surface area contributed by atoms with Gasteiger partial charge in [-0.15, -0.1) is 0 Å². The molecular weight excluding hydrogens is 217 g/mol. The maximum absolute atomic E-state index is 12.9. The predicted octanol–water partition coefficient (Wildman–Crippen LogP) is 2.29. The van der Waals surface area contributed by atoms with Crippen LogP contribution in [0, 0.1) is 5.82 Å². The van der Waals surface area contributed by atoms with Crippen LogP contribution in [-0.2, 0) is 6.54 Å². The van der Waals surface area contributed by atoms with Gasteiger partial charge in [0.05, 0.1) is 5.02 Å². The lowest BCUT2D eigenvalue weighted by atomic mass is 10.2. The Balaban J connectivity index is 2.53. The van der Waals surface area contributed by atoms with Crippen molar-refractivity contribution in [1.82, 2.24) is 4.90 Å². The van der Waals surface area contributed by atoms with Gasteiger partial charge in [0, 0.05) is 19.7 Å². The number of halogens is 2. The molecule has 0 atom stereocenters. The Hall–Kier alpha value is -0.640. The molecule has 0 bridgehead atoms. The second-order valence-electron chi connectivity index (χ2n) is 3.56. The molecule has 0 aliphatic heterocycles. The molecule has 0 radical (unpaired) electrons. The van der Waals surface area contributed by atoms with E-state index in [4.69, 9.17) is 16.7 Å². The van der Waals surface area contributed by atoms with Crippen LogP contribution in [0.25, 0.3) is 0 Å². The Morgan fingerprint density at radius 2 is 2.20 bits per heavy atom. The fourth-order valence-electron chi connectivity index (χ4n) is 1.37. The van der Waals surface area contributed by atoms with E-state index in [1.807, 2.05) is 7.05 Å². The highest BCUT2D eigenvalue weighted by atomic mass is 35.5. The molecular formula is C11H15ClFNO. The fourth-order valence-corrected chi connectivity index (χ4v) is 1.57. The van der Waals surface area contributed by atoms with E-state index < -0.39 is 5.82 Å². The zero-order valence-electron chi connectivity index (χ0n) is 8.71. The summed E-state index contributed by atoms with van der Waals surface area (Å²) in [6.07, 6.45) is 0.741. The summed E-state index contributed by atoms with van der Waals surface area (Å²) in [6, 6.07) is 4.72. The third-order valence-corrected chi connectivity index (χ3v) is 2.42.